The maximum Gasteiger partial charge on any atom is 0.146 e. The van der Waals surface area contributed by atoms with E-state index in [1.807, 2.05) is 6.07 Å². The second-order valence-electron chi connectivity index (χ2n) is 5.45. The number of likely N-dealkylation sites (N-methyl/N-ethyl adjacent to an activating group) is 2. The Balaban J connectivity index is 1.74. The number of likely N-dealkylation sites (tertiary alicyclic amines) is 1. The number of rotatable bonds is 5. The van der Waals surface area contributed by atoms with Crippen molar-refractivity contribution in [2.24, 2.45) is 0 Å². The number of hydrogen-bond acceptors (Lipinski definition) is 3. The van der Waals surface area contributed by atoms with Gasteiger partial charge in [-0.3, -0.25) is 0 Å². The summed E-state index contributed by atoms with van der Waals surface area (Å²) >= 11 is 0. The van der Waals surface area contributed by atoms with E-state index in [2.05, 4.69) is 29.2 Å². The van der Waals surface area contributed by atoms with Crippen molar-refractivity contribution in [1.29, 1.82) is 0 Å². The molecule has 2 rings (SSSR count). The first-order chi connectivity index (χ1) is 9.16. The lowest BCUT2D eigenvalue weighted by atomic mass is 10.1. The lowest BCUT2D eigenvalue weighted by Gasteiger charge is -2.35. The lowest BCUT2D eigenvalue weighted by Crippen LogP contribution is -2.46. The molecule has 0 spiro atoms. The third-order valence-corrected chi connectivity index (χ3v) is 3.88. The van der Waals surface area contributed by atoms with E-state index in [1.165, 1.54) is 25.5 Å². The van der Waals surface area contributed by atoms with Gasteiger partial charge in [-0.05, 0) is 45.6 Å². The molecule has 1 heterocycles. The Morgan fingerprint density at radius 3 is 2.95 bits per heavy atom. The smallest absolute Gasteiger partial charge is 0.146 e. The Labute approximate surface area is 115 Å². The van der Waals surface area contributed by atoms with Crippen molar-refractivity contribution < 1.29 is 4.39 Å². The molecule has 0 amide bonds. The van der Waals surface area contributed by atoms with E-state index in [1.54, 1.807) is 12.1 Å². The number of halogens is 1. The predicted octanol–water partition coefficient (Wildman–Crippen LogP) is 2.26. The summed E-state index contributed by atoms with van der Waals surface area (Å²) in [7, 11) is 4.34. The van der Waals surface area contributed by atoms with E-state index in [9.17, 15) is 4.39 Å². The Kier molecular flexibility index (Phi) is 5.16. The van der Waals surface area contributed by atoms with Crippen LogP contribution in [-0.4, -0.2) is 56.1 Å². The van der Waals surface area contributed by atoms with E-state index >= 15 is 0 Å². The van der Waals surface area contributed by atoms with Gasteiger partial charge in [0.1, 0.15) is 5.82 Å². The number of nitrogens with zero attached hydrogens (tertiary/aromatic N) is 2. The fourth-order valence-electron chi connectivity index (χ4n) is 2.65. The van der Waals surface area contributed by atoms with Crippen LogP contribution in [0, 0.1) is 5.82 Å². The van der Waals surface area contributed by atoms with Gasteiger partial charge in [0.25, 0.3) is 0 Å². The third kappa shape index (κ3) is 4.18. The van der Waals surface area contributed by atoms with Gasteiger partial charge in [-0.2, -0.15) is 0 Å². The molecule has 1 fully saturated rings. The van der Waals surface area contributed by atoms with Gasteiger partial charge in [0.15, 0.2) is 0 Å². The highest BCUT2D eigenvalue weighted by atomic mass is 19.1. The third-order valence-electron chi connectivity index (χ3n) is 3.88. The van der Waals surface area contributed by atoms with E-state index in [0.29, 0.717) is 11.7 Å². The van der Waals surface area contributed by atoms with Crippen molar-refractivity contribution in [2.45, 2.75) is 18.9 Å². The van der Waals surface area contributed by atoms with Crippen LogP contribution in [-0.2, 0) is 0 Å². The van der Waals surface area contributed by atoms with Crippen LogP contribution >= 0.6 is 0 Å². The van der Waals surface area contributed by atoms with Crippen LogP contribution in [0.3, 0.4) is 0 Å². The van der Waals surface area contributed by atoms with Crippen LogP contribution in [0.2, 0.25) is 0 Å². The molecule has 3 nitrogen and oxygen atoms in total. The predicted molar refractivity (Wildman–Crippen MR) is 78.0 cm³/mol. The van der Waals surface area contributed by atoms with Gasteiger partial charge in [0, 0.05) is 25.7 Å². The standard InChI is InChI=1S/C15H24FN3/c1-18-10-5-6-13(12-18)19(2)11-9-17-15-8-4-3-7-14(15)16/h3-4,7-8,13,17H,5-6,9-12H2,1-2H3. The number of nitrogens with one attached hydrogen (secondary N) is 1. The minimum atomic E-state index is -0.178. The monoisotopic (exact) mass is 265 g/mol. The van der Waals surface area contributed by atoms with Crippen molar-refractivity contribution in [2.75, 3.05) is 45.6 Å². The molecule has 0 saturated carbocycles. The summed E-state index contributed by atoms with van der Waals surface area (Å²) in [6.45, 7) is 4.05. The van der Waals surface area contributed by atoms with E-state index in [0.717, 1.165) is 19.6 Å². The molecule has 0 radical (unpaired) electrons. The summed E-state index contributed by atoms with van der Waals surface area (Å²) in [5, 5.41) is 3.16. The molecule has 1 aromatic carbocycles. The molecule has 1 aliphatic heterocycles. The van der Waals surface area contributed by atoms with Gasteiger partial charge in [-0.15, -0.1) is 0 Å². The van der Waals surface area contributed by atoms with Crippen molar-refractivity contribution >= 4 is 5.69 Å². The van der Waals surface area contributed by atoms with Crippen LogP contribution in [0.1, 0.15) is 12.8 Å². The lowest BCUT2D eigenvalue weighted by molar-refractivity contribution is 0.138. The average molecular weight is 265 g/mol. The first kappa shape index (κ1) is 14.3. The average Bonchev–Trinajstić information content (AvgIpc) is 2.41. The van der Waals surface area contributed by atoms with Gasteiger partial charge >= 0.3 is 0 Å². The summed E-state index contributed by atoms with van der Waals surface area (Å²) in [5.74, 6) is -0.178. The summed E-state index contributed by atoms with van der Waals surface area (Å²) in [5.41, 5.74) is 0.594. The molecule has 4 heteroatoms. The van der Waals surface area contributed by atoms with Crippen molar-refractivity contribution in [3.63, 3.8) is 0 Å². The van der Waals surface area contributed by atoms with Gasteiger partial charge in [-0.1, -0.05) is 12.1 Å². The molecule has 1 unspecified atom stereocenters. The molecule has 1 atom stereocenters. The van der Waals surface area contributed by atoms with Crippen LogP contribution in [0.4, 0.5) is 10.1 Å². The molecule has 1 aromatic rings. The summed E-state index contributed by atoms with van der Waals surface area (Å²) in [6, 6.07) is 7.46. The maximum absolute atomic E-state index is 13.4. The highest BCUT2D eigenvalue weighted by molar-refractivity contribution is 5.44. The molecule has 1 aliphatic rings. The Bertz CT molecular complexity index is 397. The Morgan fingerprint density at radius 2 is 2.21 bits per heavy atom. The number of piperidine rings is 1. The summed E-state index contributed by atoms with van der Waals surface area (Å²) in [6.07, 6.45) is 2.53. The summed E-state index contributed by atoms with van der Waals surface area (Å²) < 4.78 is 13.4. The highest BCUT2D eigenvalue weighted by Crippen LogP contribution is 2.14. The van der Waals surface area contributed by atoms with Crippen LogP contribution in [0.15, 0.2) is 24.3 Å². The highest BCUT2D eigenvalue weighted by Gasteiger charge is 2.20. The fourth-order valence-corrected chi connectivity index (χ4v) is 2.65. The Hall–Kier alpha value is -1.13. The van der Waals surface area contributed by atoms with Crippen LogP contribution < -0.4 is 5.32 Å². The van der Waals surface area contributed by atoms with Gasteiger partial charge in [0.2, 0.25) is 0 Å². The normalized spacial score (nSPS) is 20.7. The molecule has 0 aromatic heterocycles. The number of benzene rings is 1. The van der Waals surface area contributed by atoms with Crippen molar-refractivity contribution in [3.05, 3.63) is 30.1 Å². The fraction of sp³-hybridized carbons (Fsp3) is 0.600. The minimum Gasteiger partial charge on any atom is -0.381 e. The van der Waals surface area contributed by atoms with Gasteiger partial charge in [0.05, 0.1) is 5.69 Å². The molecule has 0 bridgehead atoms. The minimum absolute atomic E-state index is 0.178. The SMILES string of the molecule is CN1CCCC(N(C)CCNc2ccccc2F)C1. The number of para-hydroxylation sites is 1. The molecular weight excluding hydrogens is 241 g/mol. The second kappa shape index (κ2) is 6.87. The van der Waals surface area contributed by atoms with Crippen LogP contribution in [0.25, 0.3) is 0 Å². The summed E-state index contributed by atoms with van der Waals surface area (Å²) in [4.78, 5) is 4.76. The van der Waals surface area contributed by atoms with Crippen LogP contribution in [0.5, 0.6) is 0 Å². The molecule has 0 aliphatic carbocycles. The van der Waals surface area contributed by atoms with E-state index in [4.69, 9.17) is 0 Å². The van der Waals surface area contributed by atoms with Gasteiger partial charge in [-0.25, -0.2) is 4.39 Å². The number of anilines is 1. The zero-order valence-corrected chi connectivity index (χ0v) is 11.9. The first-order valence-electron chi connectivity index (χ1n) is 7.04. The molecular formula is C15H24FN3. The molecule has 19 heavy (non-hydrogen) atoms. The largest absolute Gasteiger partial charge is 0.381 e. The van der Waals surface area contributed by atoms with Crippen molar-refractivity contribution in [1.82, 2.24) is 9.80 Å². The number of hydrogen-bond donors (Lipinski definition) is 1. The van der Waals surface area contributed by atoms with E-state index < -0.39 is 0 Å². The zero-order valence-electron chi connectivity index (χ0n) is 11.9. The first-order valence-corrected chi connectivity index (χ1v) is 7.04. The molecule has 1 N–H and O–H groups in total. The Morgan fingerprint density at radius 1 is 1.42 bits per heavy atom. The second-order valence-corrected chi connectivity index (χ2v) is 5.45. The van der Waals surface area contributed by atoms with E-state index in [-0.39, 0.29) is 5.82 Å². The van der Waals surface area contributed by atoms with Crippen molar-refractivity contribution in [3.8, 4) is 0 Å². The quantitative estimate of drug-likeness (QED) is 0.881. The van der Waals surface area contributed by atoms with Gasteiger partial charge < -0.3 is 15.1 Å². The maximum atomic E-state index is 13.4. The molecule has 106 valence electrons. The molecule has 1 saturated heterocycles. The topological polar surface area (TPSA) is 18.5 Å². The zero-order chi connectivity index (χ0) is 13.7.